The average Bonchev–Trinajstić information content (AvgIpc) is 3.03. The number of amides is 1. The van der Waals surface area contributed by atoms with Crippen LogP contribution in [0.4, 0.5) is 17.5 Å². The highest BCUT2D eigenvalue weighted by atomic mass is 16.4. The summed E-state index contributed by atoms with van der Waals surface area (Å²) in [5.41, 5.74) is 10.7. The number of hydrogen-bond donors (Lipinski definition) is 7. The lowest BCUT2D eigenvalue weighted by atomic mass is 9.80. The Morgan fingerprint density at radius 3 is 1.91 bits per heavy atom. The number of carbonyl (C=O) groups is 1. The van der Waals surface area contributed by atoms with Crippen LogP contribution in [0.1, 0.15) is 27.2 Å². The van der Waals surface area contributed by atoms with Gasteiger partial charge in [-0.25, -0.2) is 9.97 Å². The first-order chi connectivity index (χ1) is 21.2. The fourth-order valence-electron chi connectivity index (χ4n) is 4.42. The Balaban J connectivity index is 1.39. The van der Waals surface area contributed by atoms with Crippen molar-refractivity contribution in [1.82, 2.24) is 19.9 Å². The lowest BCUT2D eigenvalue weighted by molar-refractivity contribution is 0.1000. The maximum absolute atomic E-state index is 11.4. The van der Waals surface area contributed by atoms with Crippen molar-refractivity contribution in [3.63, 3.8) is 0 Å². The number of hydrogen-bond acceptors (Lipinski definition) is 12. The normalized spacial score (nSPS) is 10.8. The Morgan fingerprint density at radius 2 is 1.36 bits per heavy atom. The van der Waals surface area contributed by atoms with Gasteiger partial charge < -0.3 is 41.4 Å². The molecule has 0 radical (unpaired) electrons. The molecule has 2 heterocycles. The van der Waals surface area contributed by atoms with E-state index in [1.165, 1.54) is 0 Å². The number of fused-ring (bicyclic) bond motifs is 1. The molecule has 2 aromatic heterocycles. The summed E-state index contributed by atoms with van der Waals surface area (Å²) in [6, 6.07) is 20.6. The van der Waals surface area contributed by atoms with Crippen molar-refractivity contribution in [2.75, 3.05) is 22.6 Å². The van der Waals surface area contributed by atoms with E-state index < -0.39 is 20.1 Å². The zero-order chi connectivity index (χ0) is 31.2. The van der Waals surface area contributed by atoms with Gasteiger partial charge in [-0.05, 0) is 46.3 Å². The first kappa shape index (κ1) is 30.4. The van der Waals surface area contributed by atoms with Gasteiger partial charge in [-0.15, -0.1) is 0 Å². The third kappa shape index (κ3) is 7.46. The molecule has 13 nitrogen and oxygen atoms in total. The fraction of sp³-hybridized carbons (Fsp3) is 0.138. The number of aromatic nitrogens is 4. The SMILES string of the molecule is CN(Cc1cnc2nc(NCc3ccc(B(O)O)cc3)nc(NCc3ccc(B(O)O)cc3)c2n1)c1ccc(C(N)=O)cc1. The molecule has 3 aromatic carbocycles. The number of nitrogens with one attached hydrogen (secondary N) is 2. The molecule has 0 aliphatic carbocycles. The van der Waals surface area contributed by atoms with Crippen LogP contribution in [0.3, 0.4) is 0 Å². The summed E-state index contributed by atoms with van der Waals surface area (Å²) in [7, 11) is -1.19. The van der Waals surface area contributed by atoms with Gasteiger partial charge in [-0.3, -0.25) is 4.79 Å². The van der Waals surface area contributed by atoms with E-state index in [0.29, 0.717) is 64.7 Å². The van der Waals surface area contributed by atoms with E-state index in [4.69, 9.17) is 10.7 Å². The molecule has 5 aromatic rings. The molecule has 44 heavy (non-hydrogen) atoms. The van der Waals surface area contributed by atoms with Crippen LogP contribution in [-0.4, -0.2) is 67.2 Å². The van der Waals surface area contributed by atoms with Crippen LogP contribution >= 0.6 is 0 Å². The summed E-state index contributed by atoms with van der Waals surface area (Å²) in [6.45, 7) is 1.17. The number of benzene rings is 3. The summed E-state index contributed by atoms with van der Waals surface area (Å²) in [5.74, 6) is 0.277. The van der Waals surface area contributed by atoms with E-state index in [9.17, 15) is 24.9 Å². The second-order valence-corrected chi connectivity index (χ2v) is 10.1. The van der Waals surface area contributed by atoms with Crippen LogP contribution in [-0.2, 0) is 19.6 Å². The van der Waals surface area contributed by atoms with Gasteiger partial charge in [0.15, 0.2) is 17.0 Å². The highest BCUT2D eigenvalue weighted by Crippen LogP contribution is 2.22. The van der Waals surface area contributed by atoms with E-state index in [1.807, 2.05) is 24.1 Å². The third-order valence-corrected chi connectivity index (χ3v) is 6.91. The van der Waals surface area contributed by atoms with Crippen LogP contribution in [0.5, 0.6) is 0 Å². The quantitative estimate of drug-likeness (QED) is 0.0938. The van der Waals surface area contributed by atoms with Crippen molar-refractivity contribution >= 4 is 59.7 Å². The molecule has 0 spiro atoms. The standard InChI is InChI=1S/C29H30B2N8O5/c1-39(24-12-6-20(7-13-24)26(32)40)17-23-16-34-28-25(36-23)27(33-14-18-2-8-21(9-3-18)30(41)42)37-29(38-28)35-15-19-4-10-22(11-5-19)31(43)44/h2-13,16,41-44H,14-15,17H2,1H3,(H2,32,40)(H2,33,34,35,37,38). The molecule has 0 saturated carbocycles. The van der Waals surface area contributed by atoms with Crippen molar-refractivity contribution in [3.8, 4) is 0 Å². The zero-order valence-electron chi connectivity index (χ0n) is 23.8. The predicted octanol–water partition coefficient (Wildman–Crippen LogP) is -0.261. The molecular weight excluding hydrogens is 562 g/mol. The molecule has 0 atom stereocenters. The van der Waals surface area contributed by atoms with Crippen molar-refractivity contribution in [1.29, 1.82) is 0 Å². The van der Waals surface area contributed by atoms with Crippen LogP contribution in [0.2, 0.25) is 0 Å². The smallest absolute Gasteiger partial charge is 0.423 e. The van der Waals surface area contributed by atoms with Gasteiger partial charge in [0.05, 0.1) is 18.4 Å². The summed E-state index contributed by atoms with van der Waals surface area (Å²) in [6.07, 6.45) is 1.65. The Morgan fingerprint density at radius 1 is 0.795 bits per heavy atom. The monoisotopic (exact) mass is 592 g/mol. The maximum atomic E-state index is 11.4. The van der Waals surface area contributed by atoms with Crippen LogP contribution in [0.15, 0.2) is 79.0 Å². The second kappa shape index (κ2) is 13.5. The molecule has 5 rings (SSSR count). The average molecular weight is 592 g/mol. The minimum Gasteiger partial charge on any atom is -0.423 e. The summed E-state index contributed by atoms with van der Waals surface area (Å²) >= 11 is 0. The van der Waals surface area contributed by atoms with Crippen LogP contribution < -0.4 is 32.2 Å². The number of rotatable bonds is 12. The van der Waals surface area contributed by atoms with Crippen molar-refractivity contribution in [2.24, 2.45) is 5.73 Å². The maximum Gasteiger partial charge on any atom is 0.488 e. The highest BCUT2D eigenvalue weighted by Gasteiger charge is 2.15. The third-order valence-electron chi connectivity index (χ3n) is 6.91. The van der Waals surface area contributed by atoms with Crippen LogP contribution in [0, 0.1) is 0 Å². The lowest BCUT2D eigenvalue weighted by Crippen LogP contribution is -2.29. The first-order valence-electron chi connectivity index (χ1n) is 13.7. The molecule has 0 aliphatic rings. The molecule has 0 fully saturated rings. The number of carbonyl (C=O) groups excluding carboxylic acids is 1. The zero-order valence-corrected chi connectivity index (χ0v) is 23.8. The minimum atomic E-state index is -1.55. The summed E-state index contributed by atoms with van der Waals surface area (Å²) in [4.78, 5) is 32.0. The molecule has 1 amide bonds. The Kier molecular flexibility index (Phi) is 9.31. The Hall–Kier alpha value is -5.08. The van der Waals surface area contributed by atoms with Crippen molar-refractivity contribution in [2.45, 2.75) is 19.6 Å². The highest BCUT2D eigenvalue weighted by molar-refractivity contribution is 6.58. The van der Waals surface area contributed by atoms with Crippen LogP contribution in [0.25, 0.3) is 11.2 Å². The topological polar surface area (TPSA) is 203 Å². The van der Waals surface area contributed by atoms with E-state index in [2.05, 4.69) is 25.6 Å². The molecular formula is C29H30B2N8O5. The van der Waals surface area contributed by atoms with Gasteiger partial charge in [0.2, 0.25) is 11.9 Å². The van der Waals surface area contributed by atoms with Gasteiger partial charge in [-0.2, -0.15) is 9.97 Å². The number of nitrogens with two attached hydrogens (primary N) is 1. The molecule has 222 valence electrons. The molecule has 0 bridgehead atoms. The van der Waals surface area contributed by atoms with E-state index >= 15 is 0 Å². The van der Waals surface area contributed by atoms with E-state index in [-0.39, 0.29) is 0 Å². The fourth-order valence-corrected chi connectivity index (χ4v) is 4.42. The minimum absolute atomic E-state index is 0.318. The molecule has 0 saturated heterocycles. The number of anilines is 3. The number of nitrogens with zero attached hydrogens (tertiary/aromatic N) is 5. The Labute approximate surface area is 253 Å². The van der Waals surface area contributed by atoms with Gasteiger partial charge in [0, 0.05) is 31.4 Å². The van der Waals surface area contributed by atoms with E-state index in [0.717, 1.165) is 16.8 Å². The first-order valence-corrected chi connectivity index (χ1v) is 13.7. The Bertz CT molecular complexity index is 1740. The largest absolute Gasteiger partial charge is 0.488 e. The van der Waals surface area contributed by atoms with Gasteiger partial charge in [-0.1, -0.05) is 48.5 Å². The van der Waals surface area contributed by atoms with Gasteiger partial charge in [0.1, 0.15) is 0 Å². The predicted molar refractivity (Wildman–Crippen MR) is 169 cm³/mol. The van der Waals surface area contributed by atoms with Crippen molar-refractivity contribution < 1.29 is 24.9 Å². The van der Waals surface area contributed by atoms with Gasteiger partial charge >= 0.3 is 14.2 Å². The second-order valence-electron chi connectivity index (χ2n) is 10.1. The molecule has 0 aliphatic heterocycles. The molecule has 15 heteroatoms. The van der Waals surface area contributed by atoms with Crippen molar-refractivity contribution in [3.05, 3.63) is 101 Å². The molecule has 8 N–H and O–H groups in total. The lowest BCUT2D eigenvalue weighted by Gasteiger charge is -2.19. The van der Waals surface area contributed by atoms with E-state index in [1.54, 1.807) is 66.9 Å². The van der Waals surface area contributed by atoms with Gasteiger partial charge in [0.25, 0.3) is 0 Å². The number of primary amides is 1. The summed E-state index contributed by atoms with van der Waals surface area (Å²) in [5, 5.41) is 44.0. The summed E-state index contributed by atoms with van der Waals surface area (Å²) < 4.78 is 0. The molecule has 0 unspecified atom stereocenters.